The molecule has 2 aromatic carbocycles. The van der Waals surface area contributed by atoms with Crippen molar-refractivity contribution in [3.8, 4) is 0 Å². The second kappa shape index (κ2) is 10.6. The van der Waals surface area contributed by atoms with Gasteiger partial charge in [-0.2, -0.15) is 0 Å². The molecule has 0 radical (unpaired) electrons. The van der Waals surface area contributed by atoms with Crippen LogP contribution < -0.4 is 10.6 Å². The molecular formula is C25H26N2O4S2. The molecule has 0 saturated carbocycles. The van der Waals surface area contributed by atoms with Gasteiger partial charge in [0, 0.05) is 16.7 Å². The average Bonchev–Trinajstić information content (AvgIpc) is 3.30. The number of hydrogen-bond acceptors (Lipinski definition) is 5. The first-order chi connectivity index (χ1) is 15.7. The molecule has 33 heavy (non-hydrogen) atoms. The quantitative estimate of drug-likeness (QED) is 0.463. The van der Waals surface area contributed by atoms with E-state index in [9.17, 15) is 18.0 Å². The molecule has 3 aromatic rings. The summed E-state index contributed by atoms with van der Waals surface area (Å²) in [5, 5.41) is 7.61. The van der Waals surface area contributed by atoms with Crippen molar-refractivity contribution in [2.24, 2.45) is 0 Å². The van der Waals surface area contributed by atoms with Gasteiger partial charge in [0.25, 0.3) is 11.8 Å². The number of nitrogens with one attached hydrogen (secondary N) is 2. The second-order valence-corrected chi connectivity index (χ2v) is 10.6. The third-order valence-corrected chi connectivity index (χ3v) is 7.08. The standard InChI is InChI=1S/C25H26N2O4S2/c1-4-22(18-11-13-20(14-12-18)33(3,30)31)26-25(29)23(16-19-9-7-15-32-19)27-24(28)21-10-6-5-8-17(21)2/h5-16,22H,4H2,1-3H3,(H,26,29)(H,27,28)/b23-16-. The Morgan fingerprint density at radius 1 is 1.03 bits per heavy atom. The fraction of sp³-hybridized carbons (Fsp3) is 0.200. The van der Waals surface area contributed by atoms with Gasteiger partial charge >= 0.3 is 0 Å². The number of benzene rings is 2. The molecule has 6 nitrogen and oxygen atoms in total. The highest BCUT2D eigenvalue weighted by molar-refractivity contribution is 7.90. The van der Waals surface area contributed by atoms with Gasteiger partial charge in [-0.25, -0.2) is 8.42 Å². The van der Waals surface area contributed by atoms with Crippen molar-refractivity contribution in [2.45, 2.75) is 31.2 Å². The SMILES string of the molecule is CCC(NC(=O)/C(=C/c1cccs1)NC(=O)c1ccccc1C)c1ccc(S(C)(=O)=O)cc1. The van der Waals surface area contributed by atoms with Gasteiger partial charge < -0.3 is 10.6 Å². The zero-order valence-corrected chi connectivity index (χ0v) is 20.3. The van der Waals surface area contributed by atoms with Crippen LogP contribution in [0.25, 0.3) is 6.08 Å². The first-order valence-corrected chi connectivity index (χ1v) is 13.2. The van der Waals surface area contributed by atoms with Crippen LogP contribution >= 0.6 is 11.3 Å². The average molecular weight is 483 g/mol. The fourth-order valence-corrected chi connectivity index (χ4v) is 4.58. The molecule has 0 fully saturated rings. The molecule has 8 heteroatoms. The number of aryl methyl sites for hydroxylation is 1. The molecular weight excluding hydrogens is 456 g/mol. The summed E-state index contributed by atoms with van der Waals surface area (Å²) in [4.78, 5) is 27.1. The molecule has 0 spiro atoms. The Morgan fingerprint density at radius 2 is 1.73 bits per heavy atom. The third-order valence-electron chi connectivity index (χ3n) is 5.14. The molecule has 2 amide bonds. The lowest BCUT2D eigenvalue weighted by Gasteiger charge is -2.19. The molecule has 0 aliphatic carbocycles. The van der Waals surface area contributed by atoms with Crippen LogP contribution in [0.15, 0.2) is 76.6 Å². The Bertz CT molecular complexity index is 1260. The van der Waals surface area contributed by atoms with Crippen molar-refractivity contribution < 1.29 is 18.0 Å². The van der Waals surface area contributed by atoms with Gasteiger partial charge in [-0.3, -0.25) is 9.59 Å². The van der Waals surface area contributed by atoms with Crippen molar-refractivity contribution in [3.05, 3.63) is 93.3 Å². The predicted octanol–water partition coefficient (Wildman–Crippen LogP) is 4.50. The molecule has 1 aromatic heterocycles. The van der Waals surface area contributed by atoms with E-state index >= 15 is 0 Å². The zero-order valence-electron chi connectivity index (χ0n) is 18.7. The molecule has 0 saturated heterocycles. The van der Waals surface area contributed by atoms with Crippen LogP contribution in [-0.4, -0.2) is 26.5 Å². The van der Waals surface area contributed by atoms with Crippen molar-refractivity contribution >= 4 is 39.1 Å². The number of thiophene rings is 1. The van der Waals surface area contributed by atoms with Gasteiger partial charge in [0.1, 0.15) is 5.70 Å². The summed E-state index contributed by atoms with van der Waals surface area (Å²) in [6.45, 7) is 3.76. The molecule has 1 atom stereocenters. The Morgan fingerprint density at radius 3 is 2.30 bits per heavy atom. The maximum absolute atomic E-state index is 13.2. The lowest BCUT2D eigenvalue weighted by Crippen LogP contribution is -2.37. The monoisotopic (exact) mass is 482 g/mol. The van der Waals surface area contributed by atoms with Crippen LogP contribution in [0.2, 0.25) is 0 Å². The summed E-state index contributed by atoms with van der Waals surface area (Å²) in [5.41, 5.74) is 2.21. The number of carbonyl (C=O) groups is 2. The molecule has 0 aliphatic rings. The highest BCUT2D eigenvalue weighted by Gasteiger charge is 2.20. The minimum absolute atomic E-state index is 0.136. The van der Waals surface area contributed by atoms with Gasteiger partial charge in [-0.05, 0) is 60.2 Å². The smallest absolute Gasteiger partial charge is 0.268 e. The normalized spacial score (nSPS) is 12.8. The lowest BCUT2D eigenvalue weighted by atomic mass is 10.0. The van der Waals surface area contributed by atoms with Crippen LogP contribution in [0.5, 0.6) is 0 Å². The molecule has 3 rings (SSSR count). The van der Waals surface area contributed by atoms with E-state index in [0.717, 1.165) is 22.3 Å². The first kappa shape index (κ1) is 24.4. The molecule has 1 unspecified atom stereocenters. The Kier molecular flexibility index (Phi) is 7.84. The topological polar surface area (TPSA) is 92.3 Å². The number of sulfone groups is 1. The Labute approximate surface area is 198 Å². The summed E-state index contributed by atoms with van der Waals surface area (Å²) in [6, 6.07) is 17.0. The van der Waals surface area contributed by atoms with E-state index in [0.29, 0.717) is 12.0 Å². The van der Waals surface area contributed by atoms with Crippen LogP contribution in [0, 0.1) is 6.92 Å². The van der Waals surface area contributed by atoms with Crippen LogP contribution in [0.1, 0.15) is 45.7 Å². The molecule has 0 bridgehead atoms. The summed E-state index contributed by atoms with van der Waals surface area (Å²) in [6.07, 6.45) is 3.39. The van der Waals surface area contributed by atoms with Gasteiger partial charge in [-0.1, -0.05) is 43.3 Å². The number of rotatable bonds is 8. The predicted molar refractivity (Wildman–Crippen MR) is 132 cm³/mol. The van der Waals surface area contributed by atoms with Gasteiger partial charge in [-0.15, -0.1) is 11.3 Å². The van der Waals surface area contributed by atoms with E-state index in [-0.39, 0.29) is 22.5 Å². The minimum Gasteiger partial charge on any atom is -0.344 e. The first-order valence-electron chi connectivity index (χ1n) is 10.4. The van der Waals surface area contributed by atoms with E-state index in [1.165, 1.54) is 23.5 Å². The fourth-order valence-electron chi connectivity index (χ4n) is 3.30. The maximum atomic E-state index is 13.2. The second-order valence-electron chi connectivity index (χ2n) is 7.62. The van der Waals surface area contributed by atoms with E-state index in [1.54, 1.807) is 30.3 Å². The molecule has 172 valence electrons. The molecule has 2 N–H and O–H groups in total. The van der Waals surface area contributed by atoms with Gasteiger partial charge in [0.2, 0.25) is 0 Å². The van der Waals surface area contributed by atoms with Gasteiger partial charge in [0.15, 0.2) is 9.84 Å². The van der Waals surface area contributed by atoms with Crippen LogP contribution in [-0.2, 0) is 14.6 Å². The summed E-state index contributed by atoms with van der Waals surface area (Å²) in [5.74, 6) is -0.791. The van der Waals surface area contributed by atoms with Crippen molar-refractivity contribution in [3.63, 3.8) is 0 Å². The molecule has 0 aliphatic heterocycles. The summed E-state index contributed by atoms with van der Waals surface area (Å²) < 4.78 is 23.5. The van der Waals surface area contributed by atoms with Crippen molar-refractivity contribution in [1.82, 2.24) is 10.6 Å². The van der Waals surface area contributed by atoms with E-state index in [4.69, 9.17) is 0 Å². The number of carbonyl (C=O) groups excluding carboxylic acids is 2. The summed E-state index contributed by atoms with van der Waals surface area (Å²) >= 11 is 1.46. The number of hydrogen-bond donors (Lipinski definition) is 2. The lowest BCUT2D eigenvalue weighted by molar-refractivity contribution is -0.118. The largest absolute Gasteiger partial charge is 0.344 e. The van der Waals surface area contributed by atoms with Crippen LogP contribution in [0.4, 0.5) is 0 Å². The third kappa shape index (κ3) is 6.40. The highest BCUT2D eigenvalue weighted by atomic mass is 32.2. The van der Waals surface area contributed by atoms with E-state index in [1.807, 2.05) is 43.5 Å². The number of amides is 2. The van der Waals surface area contributed by atoms with Crippen LogP contribution in [0.3, 0.4) is 0 Å². The Hall–Kier alpha value is -3.23. The zero-order chi connectivity index (χ0) is 24.0. The summed E-state index contributed by atoms with van der Waals surface area (Å²) in [7, 11) is -3.30. The van der Waals surface area contributed by atoms with Crippen molar-refractivity contribution in [2.75, 3.05) is 6.26 Å². The molecule has 1 heterocycles. The van der Waals surface area contributed by atoms with Crippen molar-refractivity contribution in [1.29, 1.82) is 0 Å². The minimum atomic E-state index is -3.30. The van der Waals surface area contributed by atoms with E-state index in [2.05, 4.69) is 10.6 Å². The maximum Gasteiger partial charge on any atom is 0.268 e. The van der Waals surface area contributed by atoms with Gasteiger partial charge in [0.05, 0.1) is 10.9 Å². The highest BCUT2D eigenvalue weighted by Crippen LogP contribution is 2.21. The Balaban J connectivity index is 1.85. The van der Waals surface area contributed by atoms with E-state index < -0.39 is 15.7 Å².